The largest absolute Gasteiger partial charge is 0.507 e. The molecule has 1 heterocycles. The van der Waals surface area contributed by atoms with Crippen molar-refractivity contribution < 1.29 is 39.2 Å². The molecule has 3 N–H and O–H groups in total. The molecule has 1 aromatic rings. The molecule has 3 rings (SSSR count). The molecule has 0 saturated carbocycles. The van der Waals surface area contributed by atoms with Gasteiger partial charge in [-0.15, -0.1) is 0 Å². The number of hydrogen-bond donors (Lipinski definition) is 3. The fourth-order valence-corrected chi connectivity index (χ4v) is 3.66. The van der Waals surface area contributed by atoms with Gasteiger partial charge in [0.15, 0.2) is 11.2 Å². The van der Waals surface area contributed by atoms with Crippen molar-refractivity contribution in [1.29, 1.82) is 0 Å². The minimum atomic E-state index is -2.52. The summed E-state index contributed by atoms with van der Waals surface area (Å²) in [7, 11) is 1.18. The molecular formula is C17H18O8. The smallest absolute Gasteiger partial charge is 0.308 e. The number of esters is 1. The van der Waals surface area contributed by atoms with Crippen LogP contribution in [0.15, 0.2) is 18.2 Å². The number of Topliss-reactive ketones (excluding diaryl/α,β-unsaturated/α-hetero) is 2. The third-order valence-corrected chi connectivity index (χ3v) is 5.00. The van der Waals surface area contributed by atoms with E-state index in [1.807, 2.05) is 0 Å². The molecular weight excluding hydrogens is 332 g/mol. The van der Waals surface area contributed by atoms with E-state index >= 15 is 0 Å². The molecule has 1 aliphatic heterocycles. The van der Waals surface area contributed by atoms with Crippen LogP contribution in [0.4, 0.5) is 0 Å². The Hall–Kier alpha value is -2.29. The lowest BCUT2D eigenvalue weighted by Crippen LogP contribution is -2.75. The van der Waals surface area contributed by atoms with Gasteiger partial charge in [-0.2, -0.15) is 0 Å². The number of methoxy groups -OCH3 is 1. The van der Waals surface area contributed by atoms with E-state index in [4.69, 9.17) is 4.74 Å². The Kier molecular flexibility index (Phi) is 3.94. The number of carbonyl (C=O) groups excluding carboxylic acids is 3. The number of phenolic OH excluding ortho intramolecular Hbond substituents is 1. The lowest BCUT2D eigenvalue weighted by atomic mass is 9.61. The summed E-state index contributed by atoms with van der Waals surface area (Å²) >= 11 is 0. The van der Waals surface area contributed by atoms with Crippen molar-refractivity contribution in [2.24, 2.45) is 0 Å². The van der Waals surface area contributed by atoms with Crippen LogP contribution in [0.1, 0.15) is 40.5 Å². The van der Waals surface area contributed by atoms with E-state index in [0.717, 1.165) is 0 Å². The first kappa shape index (κ1) is 17.5. The van der Waals surface area contributed by atoms with Gasteiger partial charge in [-0.05, 0) is 13.0 Å². The second-order valence-corrected chi connectivity index (χ2v) is 6.37. The summed E-state index contributed by atoms with van der Waals surface area (Å²) in [6, 6.07) is 3.87. The highest BCUT2D eigenvalue weighted by molar-refractivity contribution is 6.23. The summed E-state index contributed by atoms with van der Waals surface area (Å²) in [4.78, 5) is 37.2. The normalized spacial score (nSPS) is 34.2. The molecule has 8 nitrogen and oxygen atoms in total. The van der Waals surface area contributed by atoms with Crippen LogP contribution in [-0.2, 0) is 14.3 Å². The fourth-order valence-electron chi connectivity index (χ4n) is 3.66. The number of hydrogen-bond acceptors (Lipinski definition) is 8. The number of ketones is 2. The predicted molar refractivity (Wildman–Crippen MR) is 82.3 cm³/mol. The number of aromatic hydroxyl groups is 1. The maximum Gasteiger partial charge on any atom is 0.308 e. The Bertz CT molecular complexity index is 772. The minimum Gasteiger partial charge on any atom is -0.507 e. The lowest BCUT2D eigenvalue weighted by molar-refractivity contribution is -0.228. The summed E-state index contributed by atoms with van der Waals surface area (Å²) in [5, 5.41) is 32.0. The molecule has 0 amide bonds. The van der Waals surface area contributed by atoms with Crippen molar-refractivity contribution in [2.45, 2.75) is 43.2 Å². The van der Waals surface area contributed by atoms with Crippen LogP contribution in [-0.4, -0.2) is 63.4 Å². The maximum atomic E-state index is 12.9. The van der Waals surface area contributed by atoms with Crippen LogP contribution >= 0.6 is 0 Å². The fraction of sp³-hybridized carbons (Fsp3) is 0.471. The van der Waals surface area contributed by atoms with Crippen molar-refractivity contribution in [1.82, 2.24) is 0 Å². The van der Waals surface area contributed by atoms with Crippen LogP contribution in [0.3, 0.4) is 0 Å². The predicted octanol–water partition coefficient (Wildman–Crippen LogP) is -0.0261. The topological polar surface area (TPSA) is 130 Å². The van der Waals surface area contributed by atoms with Crippen LogP contribution < -0.4 is 0 Å². The van der Waals surface area contributed by atoms with Gasteiger partial charge in [0.1, 0.15) is 5.75 Å². The van der Waals surface area contributed by atoms with Crippen LogP contribution in [0.25, 0.3) is 0 Å². The second kappa shape index (κ2) is 5.62. The van der Waals surface area contributed by atoms with Gasteiger partial charge in [-0.3, -0.25) is 14.4 Å². The third-order valence-electron chi connectivity index (χ3n) is 5.00. The number of fused-ring (bicyclic) bond motifs is 2. The molecule has 1 saturated heterocycles. The minimum absolute atomic E-state index is 0.181. The van der Waals surface area contributed by atoms with Gasteiger partial charge in [0.2, 0.25) is 11.6 Å². The number of benzene rings is 1. The molecule has 0 spiro atoms. The SMILES string of the molecule is COC(=O)C[C@@H]1C[C@]2(O)C(=O)c3c(O)cccc3C(=O)[C@]2(O)[C@@H](C)O1. The summed E-state index contributed by atoms with van der Waals surface area (Å²) < 4.78 is 10.1. The monoisotopic (exact) mass is 350 g/mol. The van der Waals surface area contributed by atoms with Crippen LogP contribution in [0.5, 0.6) is 5.75 Å². The van der Waals surface area contributed by atoms with E-state index in [0.29, 0.717) is 0 Å². The number of ether oxygens (including phenoxy) is 2. The first-order valence-electron chi connectivity index (χ1n) is 7.75. The van der Waals surface area contributed by atoms with E-state index in [-0.39, 0.29) is 17.5 Å². The lowest BCUT2D eigenvalue weighted by Gasteiger charge is -2.52. The standard InChI is InChI=1S/C17H18O8/c1-8-17(23)14(20)10-4-3-5-11(18)13(10)15(21)16(17,22)7-9(25-8)6-12(19)24-2/h3-5,8-9,18,22-23H,6-7H2,1-2H3/t8-,9-,16+,17-/m1/s1. The summed E-state index contributed by atoms with van der Waals surface area (Å²) in [5.41, 5.74) is -5.56. The Balaban J connectivity index is 2.12. The maximum absolute atomic E-state index is 12.9. The van der Waals surface area contributed by atoms with E-state index in [1.54, 1.807) is 0 Å². The van der Waals surface area contributed by atoms with Gasteiger partial charge in [0, 0.05) is 12.0 Å². The zero-order valence-corrected chi connectivity index (χ0v) is 13.7. The van der Waals surface area contributed by atoms with Gasteiger partial charge in [-0.25, -0.2) is 0 Å². The van der Waals surface area contributed by atoms with E-state index in [1.165, 1.54) is 32.2 Å². The van der Waals surface area contributed by atoms with E-state index in [9.17, 15) is 29.7 Å². The van der Waals surface area contributed by atoms with Crippen molar-refractivity contribution in [3.8, 4) is 5.75 Å². The van der Waals surface area contributed by atoms with Crippen molar-refractivity contribution >= 4 is 17.5 Å². The van der Waals surface area contributed by atoms with E-state index in [2.05, 4.69) is 4.74 Å². The van der Waals surface area contributed by atoms with Gasteiger partial charge in [-0.1, -0.05) is 12.1 Å². The highest BCUT2D eigenvalue weighted by Gasteiger charge is 2.69. The number of aliphatic hydroxyl groups is 2. The molecule has 8 heteroatoms. The average molecular weight is 350 g/mol. The molecule has 1 fully saturated rings. The van der Waals surface area contributed by atoms with Crippen molar-refractivity contribution in [3.63, 3.8) is 0 Å². The molecule has 4 atom stereocenters. The second-order valence-electron chi connectivity index (χ2n) is 6.37. The number of rotatable bonds is 2. The number of carbonyl (C=O) groups is 3. The molecule has 0 bridgehead atoms. The summed E-state index contributed by atoms with van der Waals surface area (Å²) in [6.45, 7) is 1.34. The van der Waals surface area contributed by atoms with Gasteiger partial charge in [0.25, 0.3) is 0 Å². The summed E-state index contributed by atoms with van der Waals surface area (Å²) in [6.07, 6.45) is -2.93. The van der Waals surface area contributed by atoms with Gasteiger partial charge >= 0.3 is 5.97 Å². The third kappa shape index (κ3) is 2.21. The van der Waals surface area contributed by atoms with E-state index < -0.39 is 53.1 Å². The van der Waals surface area contributed by atoms with Crippen molar-refractivity contribution in [3.05, 3.63) is 29.3 Å². The molecule has 134 valence electrons. The molecule has 1 aromatic carbocycles. The van der Waals surface area contributed by atoms with Crippen molar-refractivity contribution in [2.75, 3.05) is 7.11 Å². The highest BCUT2D eigenvalue weighted by Crippen LogP contribution is 2.48. The zero-order chi connectivity index (χ0) is 18.6. The molecule has 25 heavy (non-hydrogen) atoms. The number of phenols is 1. The van der Waals surface area contributed by atoms with Gasteiger partial charge in [0.05, 0.1) is 31.3 Å². The Labute approximate surface area is 143 Å². The molecule has 0 aromatic heterocycles. The molecule has 1 aliphatic carbocycles. The Morgan fingerprint density at radius 3 is 2.64 bits per heavy atom. The first-order valence-corrected chi connectivity index (χ1v) is 7.75. The van der Waals surface area contributed by atoms with Crippen LogP contribution in [0, 0.1) is 0 Å². The Morgan fingerprint density at radius 1 is 1.32 bits per heavy atom. The molecule has 0 unspecified atom stereocenters. The average Bonchev–Trinajstić information content (AvgIpc) is 2.56. The van der Waals surface area contributed by atoms with Crippen LogP contribution in [0.2, 0.25) is 0 Å². The Morgan fingerprint density at radius 2 is 2.00 bits per heavy atom. The molecule has 0 radical (unpaired) electrons. The first-order chi connectivity index (χ1) is 11.7. The quantitative estimate of drug-likeness (QED) is 0.634. The van der Waals surface area contributed by atoms with Gasteiger partial charge < -0.3 is 24.8 Å². The highest BCUT2D eigenvalue weighted by atomic mass is 16.5. The molecule has 2 aliphatic rings. The zero-order valence-electron chi connectivity index (χ0n) is 13.7. The summed E-state index contributed by atoms with van der Waals surface area (Å²) in [5.74, 6) is -2.98.